The minimum absolute atomic E-state index is 0.146. The predicted octanol–water partition coefficient (Wildman–Crippen LogP) is 2.93. The van der Waals surface area contributed by atoms with Gasteiger partial charge in [-0.1, -0.05) is 12.1 Å². The van der Waals surface area contributed by atoms with Gasteiger partial charge in [-0.3, -0.25) is 0 Å². The zero-order valence-corrected chi connectivity index (χ0v) is 12.4. The molecule has 6 heteroatoms. The van der Waals surface area contributed by atoms with Crippen LogP contribution in [-0.4, -0.2) is 25.4 Å². The molecular formula is C14H19BF2O3. The molecule has 1 heterocycles. The molecule has 1 saturated heterocycles. The van der Waals surface area contributed by atoms with E-state index < -0.39 is 24.7 Å². The number of benzene rings is 1. The van der Waals surface area contributed by atoms with E-state index >= 15 is 0 Å². The quantitative estimate of drug-likeness (QED) is 0.799. The minimum Gasteiger partial charge on any atom is -0.496 e. The highest BCUT2D eigenvalue weighted by molar-refractivity contribution is 6.62. The molecular weight excluding hydrogens is 265 g/mol. The van der Waals surface area contributed by atoms with Crippen molar-refractivity contribution in [2.24, 2.45) is 0 Å². The van der Waals surface area contributed by atoms with Crippen molar-refractivity contribution in [3.63, 3.8) is 0 Å². The molecule has 0 aliphatic carbocycles. The Bertz CT molecular complexity index is 487. The second-order valence-electron chi connectivity index (χ2n) is 5.85. The molecule has 0 unspecified atom stereocenters. The summed E-state index contributed by atoms with van der Waals surface area (Å²) < 4.78 is 43.3. The molecule has 1 aromatic rings. The van der Waals surface area contributed by atoms with E-state index in [4.69, 9.17) is 14.0 Å². The van der Waals surface area contributed by atoms with Gasteiger partial charge in [-0.2, -0.15) is 0 Å². The number of hydrogen-bond acceptors (Lipinski definition) is 3. The van der Waals surface area contributed by atoms with Crippen molar-refractivity contribution < 1.29 is 22.8 Å². The molecule has 0 aromatic heterocycles. The number of halogens is 2. The van der Waals surface area contributed by atoms with Gasteiger partial charge in [0, 0.05) is 0 Å². The van der Waals surface area contributed by atoms with Gasteiger partial charge in [0.2, 0.25) is 0 Å². The Balaban J connectivity index is 2.45. The van der Waals surface area contributed by atoms with E-state index in [-0.39, 0.29) is 11.3 Å². The largest absolute Gasteiger partial charge is 0.496 e. The van der Waals surface area contributed by atoms with Crippen molar-refractivity contribution >= 4 is 12.6 Å². The molecule has 0 saturated carbocycles. The van der Waals surface area contributed by atoms with Crippen LogP contribution in [-0.2, 0) is 9.31 Å². The second kappa shape index (κ2) is 5.00. The third-order valence-corrected chi connectivity index (χ3v) is 4.05. The molecule has 3 nitrogen and oxygen atoms in total. The molecule has 110 valence electrons. The number of alkyl halides is 2. The molecule has 0 radical (unpaired) electrons. The fourth-order valence-corrected chi connectivity index (χ4v) is 2.15. The molecule has 0 N–H and O–H groups in total. The highest BCUT2D eigenvalue weighted by Crippen LogP contribution is 2.38. The van der Waals surface area contributed by atoms with Crippen molar-refractivity contribution in [2.75, 3.05) is 7.11 Å². The Hall–Kier alpha value is -1.14. The van der Waals surface area contributed by atoms with Crippen LogP contribution in [0.2, 0.25) is 0 Å². The lowest BCUT2D eigenvalue weighted by Gasteiger charge is -2.32. The van der Waals surface area contributed by atoms with Gasteiger partial charge in [0.1, 0.15) is 5.75 Å². The molecule has 2 rings (SSSR count). The molecule has 1 aliphatic heterocycles. The summed E-state index contributed by atoms with van der Waals surface area (Å²) in [5.74, 6) is 0.146. The average Bonchev–Trinajstić information content (AvgIpc) is 2.57. The first kappa shape index (κ1) is 15.3. The maximum absolute atomic E-state index is 13.3. The van der Waals surface area contributed by atoms with Crippen LogP contribution in [0.4, 0.5) is 8.78 Å². The van der Waals surface area contributed by atoms with E-state index in [1.165, 1.54) is 13.2 Å². The fourth-order valence-electron chi connectivity index (χ4n) is 2.15. The third kappa shape index (κ3) is 2.42. The van der Waals surface area contributed by atoms with E-state index in [2.05, 4.69) is 0 Å². The maximum Gasteiger partial charge on any atom is 0.495 e. The topological polar surface area (TPSA) is 27.7 Å². The van der Waals surface area contributed by atoms with Gasteiger partial charge in [0.25, 0.3) is 6.43 Å². The summed E-state index contributed by atoms with van der Waals surface area (Å²) in [6.45, 7) is 7.54. The zero-order valence-electron chi connectivity index (χ0n) is 12.4. The predicted molar refractivity (Wildman–Crippen MR) is 73.7 cm³/mol. The van der Waals surface area contributed by atoms with Gasteiger partial charge in [-0.15, -0.1) is 0 Å². The summed E-state index contributed by atoms with van der Waals surface area (Å²) in [5, 5.41) is 0. The van der Waals surface area contributed by atoms with Crippen LogP contribution in [0.5, 0.6) is 5.75 Å². The number of methoxy groups -OCH3 is 1. The van der Waals surface area contributed by atoms with Crippen molar-refractivity contribution in [1.82, 2.24) is 0 Å². The van der Waals surface area contributed by atoms with Crippen LogP contribution in [0.1, 0.15) is 39.7 Å². The van der Waals surface area contributed by atoms with Crippen LogP contribution in [0.3, 0.4) is 0 Å². The Kier molecular flexibility index (Phi) is 3.82. The Morgan fingerprint density at radius 3 is 2.10 bits per heavy atom. The first-order chi connectivity index (χ1) is 9.19. The minimum atomic E-state index is -2.65. The van der Waals surface area contributed by atoms with Crippen molar-refractivity contribution in [3.8, 4) is 5.75 Å². The molecule has 0 bridgehead atoms. The highest BCUT2D eigenvalue weighted by Gasteiger charge is 2.52. The second-order valence-corrected chi connectivity index (χ2v) is 5.85. The Morgan fingerprint density at radius 1 is 1.10 bits per heavy atom. The summed E-state index contributed by atoms with van der Waals surface area (Å²) in [7, 11) is 0.550. The van der Waals surface area contributed by atoms with Crippen molar-refractivity contribution in [3.05, 3.63) is 23.8 Å². The van der Waals surface area contributed by atoms with Gasteiger partial charge in [-0.05, 0) is 39.2 Å². The van der Waals surface area contributed by atoms with Gasteiger partial charge >= 0.3 is 7.12 Å². The van der Waals surface area contributed by atoms with Crippen molar-refractivity contribution in [2.45, 2.75) is 45.3 Å². The van der Waals surface area contributed by atoms with E-state index in [0.717, 1.165) is 0 Å². The molecule has 1 aromatic carbocycles. The van der Waals surface area contributed by atoms with Crippen LogP contribution in [0.25, 0.3) is 0 Å². The van der Waals surface area contributed by atoms with Gasteiger partial charge < -0.3 is 14.0 Å². The van der Waals surface area contributed by atoms with E-state index in [1.54, 1.807) is 12.1 Å². The normalized spacial score (nSPS) is 20.5. The third-order valence-electron chi connectivity index (χ3n) is 4.05. The number of hydrogen-bond donors (Lipinski definition) is 0. The van der Waals surface area contributed by atoms with Gasteiger partial charge in [0.05, 0.1) is 23.9 Å². The maximum atomic E-state index is 13.3. The summed E-state index contributed by atoms with van der Waals surface area (Å²) in [5.41, 5.74) is -0.994. The van der Waals surface area contributed by atoms with Crippen LogP contribution in [0, 0.1) is 0 Å². The summed E-state index contributed by atoms with van der Waals surface area (Å²) in [6.07, 6.45) is -2.65. The average molecular weight is 284 g/mol. The molecule has 0 spiro atoms. The van der Waals surface area contributed by atoms with E-state index in [0.29, 0.717) is 5.46 Å². The molecule has 0 amide bonds. The first-order valence-electron chi connectivity index (χ1n) is 6.50. The van der Waals surface area contributed by atoms with Gasteiger partial charge in [0.15, 0.2) is 0 Å². The Morgan fingerprint density at radius 2 is 1.65 bits per heavy atom. The molecule has 0 atom stereocenters. The molecule has 1 fully saturated rings. The van der Waals surface area contributed by atoms with Gasteiger partial charge in [-0.25, -0.2) is 8.78 Å². The van der Waals surface area contributed by atoms with Crippen LogP contribution >= 0.6 is 0 Å². The molecule has 1 aliphatic rings. The van der Waals surface area contributed by atoms with E-state index in [1.807, 2.05) is 27.7 Å². The smallest absolute Gasteiger partial charge is 0.495 e. The lowest BCUT2D eigenvalue weighted by molar-refractivity contribution is 0.00578. The van der Waals surface area contributed by atoms with Crippen LogP contribution < -0.4 is 10.2 Å². The standard InChI is InChI=1S/C14H19BF2O3/c1-13(2)14(3,4)20-15(19-13)9-7-6-8-10(18-5)11(9)12(16)17/h6-8,12H,1-5H3. The lowest BCUT2D eigenvalue weighted by Crippen LogP contribution is -2.41. The monoisotopic (exact) mass is 284 g/mol. The summed E-state index contributed by atoms with van der Waals surface area (Å²) in [4.78, 5) is 0. The lowest BCUT2D eigenvalue weighted by atomic mass is 9.75. The zero-order chi connectivity index (χ0) is 15.1. The van der Waals surface area contributed by atoms with Crippen LogP contribution in [0.15, 0.2) is 18.2 Å². The van der Waals surface area contributed by atoms with E-state index in [9.17, 15) is 8.78 Å². The van der Waals surface area contributed by atoms with Crippen molar-refractivity contribution in [1.29, 1.82) is 0 Å². The molecule has 20 heavy (non-hydrogen) atoms. The highest BCUT2D eigenvalue weighted by atomic mass is 19.3. The SMILES string of the molecule is COc1cccc(B2OC(C)(C)C(C)(C)O2)c1C(F)F. The number of ether oxygens (including phenoxy) is 1. The number of rotatable bonds is 3. The fraction of sp³-hybridized carbons (Fsp3) is 0.571. The summed E-state index contributed by atoms with van der Waals surface area (Å²) in [6, 6.07) is 4.76. The summed E-state index contributed by atoms with van der Waals surface area (Å²) >= 11 is 0. The Labute approximate surface area is 118 Å². The first-order valence-corrected chi connectivity index (χ1v) is 6.50.